The fourth-order valence-corrected chi connectivity index (χ4v) is 8.00. The molecular formula is C50H31NO2. The molecule has 0 fully saturated rings. The van der Waals surface area contributed by atoms with Crippen LogP contribution in [0.2, 0.25) is 0 Å². The van der Waals surface area contributed by atoms with Crippen LogP contribution < -0.4 is 4.90 Å². The molecule has 0 aliphatic rings. The second-order valence-corrected chi connectivity index (χ2v) is 13.7. The highest BCUT2D eigenvalue weighted by Crippen LogP contribution is 2.42. The van der Waals surface area contributed by atoms with E-state index in [1.807, 2.05) is 24.3 Å². The average molecular weight is 678 g/mol. The van der Waals surface area contributed by atoms with Crippen molar-refractivity contribution in [1.29, 1.82) is 0 Å². The Labute approximate surface area is 305 Å². The number of furan rings is 2. The summed E-state index contributed by atoms with van der Waals surface area (Å²) < 4.78 is 12.7. The number of hydrogen-bond acceptors (Lipinski definition) is 3. The standard InChI is InChI=1S/C50H31NO2/c1-2-8-32(9-3-1)36-18-16-34-14-15-35-17-19-37(29-46(35)45(34)28-36)33-20-22-38(23-21-33)51(39-24-26-43-41-10-4-6-12-47(41)52-49(43)30-39)40-25-27-44-42-11-5-7-13-48(42)53-50(44)31-40/h1-31H. The van der Waals surface area contributed by atoms with E-state index in [0.717, 1.165) is 66.5 Å². The van der Waals surface area contributed by atoms with Gasteiger partial charge in [0.25, 0.3) is 0 Å². The van der Waals surface area contributed by atoms with Gasteiger partial charge in [-0.15, -0.1) is 0 Å². The average Bonchev–Trinajstić information content (AvgIpc) is 3.79. The lowest BCUT2D eigenvalue weighted by Gasteiger charge is -2.25. The highest BCUT2D eigenvalue weighted by atomic mass is 16.3. The monoisotopic (exact) mass is 677 g/mol. The first-order chi connectivity index (χ1) is 26.2. The van der Waals surface area contributed by atoms with E-state index in [2.05, 4.69) is 169 Å². The molecule has 0 atom stereocenters. The van der Waals surface area contributed by atoms with Gasteiger partial charge in [0.15, 0.2) is 0 Å². The van der Waals surface area contributed by atoms with Crippen molar-refractivity contribution in [2.45, 2.75) is 0 Å². The molecule has 9 aromatic carbocycles. The van der Waals surface area contributed by atoms with Crippen LogP contribution in [-0.2, 0) is 0 Å². The fraction of sp³-hybridized carbons (Fsp3) is 0. The summed E-state index contributed by atoms with van der Waals surface area (Å²) in [5.74, 6) is 0. The first-order valence-corrected chi connectivity index (χ1v) is 18.0. The van der Waals surface area contributed by atoms with Gasteiger partial charge in [0.1, 0.15) is 22.3 Å². The number of benzene rings is 9. The van der Waals surface area contributed by atoms with Gasteiger partial charge < -0.3 is 13.7 Å². The molecule has 0 spiro atoms. The predicted octanol–water partition coefficient (Wildman–Crippen LogP) is 14.6. The number of anilines is 3. The number of rotatable bonds is 5. The zero-order valence-corrected chi connectivity index (χ0v) is 28.7. The lowest BCUT2D eigenvalue weighted by molar-refractivity contribution is 0.669. The molecule has 2 heterocycles. The molecule has 0 N–H and O–H groups in total. The molecule has 3 nitrogen and oxygen atoms in total. The lowest BCUT2D eigenvalue weighted by Crippen LogP contribution is -2.09. The van der Waals surface area contributed by atoms with Gasteiger partial charge in [0.05, 0.1) is 0 Å². The summed E-state index contributed by atoms with van der Waals surface area (Å²) in [5, 5.41) is 9.43. The number of fused-ring (bicyclic) bond motifs is 9. The molecule has 3 heteroatoms. The van der Waals surface area contributed by atoms with E-state index >= 15 is 0 Å². The van der Waals surface area contributed by atoms with E-state index in [9.17, 15) is 0 Å². The Bertz CT molecular complexity index is 3060. The van der Waals surface area contributed by atoms with E-state index in [0.29, 0.717) is 0 Å². The van der Waals surface area contributed by atoms with Crippen LogP contribution >= 0.6 is 0 Å². The van der Waals surface area contributed by atoms with Crippen LogP contribution in [0.4, 0.5) is 17.1 Å². The maximum absolute atomic E-state index is 6.35. The van der Waals surface area contributed by atoms with E-state index in [1.165, 1.54) is 38.2 Å². The van der Waals surface area contributed by atoms with Gasteiger partial charge in [0, 0.05) is 50.7 Å². The maximum atomic E-state index is 6.35. The van der Waals surface area contributed by atoms with Crippen molar-refractivity contribution < 1.29 is 8.83 Å². The largest absolute Gasteiger partial charge is 0.456 e. The molecule has 11 aromatic rings. The van der Waals surface area contributed by atoms with E-state index < -0.39 is 0 Å². The topological polar surface area (TPSA) is 29.5 Å². The van der Waals surface area contributed by atoms with Crippen LogP contribution in [-0.4, -0.2) is 0 Å². The van der Waals surface area contributed by atoms with Gasteiger partial charge in [-0.1, -0.05) is 115 Å². The fourth-order valence-electron chi connectivity index (χ4n) is 8.00. The summed E-state index contributed by atoms with van der Waals surface area (Å²) in [6, 6.07) is 66.9. The van der Waals surface area contributed by atoms with Crippen molar-refractivity contribution >= 4 is 82.5 Å². The van der Waals surface area contributed by atoms with Gasteiger partial charge >= 0.3 is 0 Å². The van der Waals surface area contributed by atoms with Gasteiger partial charge in [0.2, 0.25) is 0 Å². The minimum absolute atomic E-state index is 0.856. The van der Waals surface area contributed by atoms with E-state index in [-0.39, 0.29) is 0 Å². The third kappa shape index (κ3) is 4.90. The molecule has 53 heavy (non-hydrogen) atoms. The predicted molar refractivity (Wildman–Crippen MR) is 222 cm³/mol. The van der Waals surface area contributed by atoms with E-state index in [1.54, 1.807) is 0 Å². The molecule has 0 radical (unpaired) electrons. The van der Waals surface area contributed by atoms with Gasteiger partial charge in [-0.3, -0.25) is 0 Å². The van der Waals surface area contributed by atoms with Crippen molar-refractivity contribution in [3.63, 3.8) is 0 Å². The summed E-state index contributed by atoms with van der Waals surface area (Å²) in [6.45, 7) is 0. The maximum Gasteiger partial charge on any atom is 0.137 e. The summed E-state index contributed by atoms with van der Waals surface area (Å²) >= 11 is 0. The van der Waals surface area contributed by atoms with Crippen LogP contribution in [0, 0.1) is 0 Å². The van der Waals surface area contributed by atoms with Crippen molar-refractivity contribution in [1.82, 2.24) is 0 Å². The molecule has 0 saturated heterocycles. The Morgan fingerprint density at radius 2 is 0.679 bits per heavy atom. The number of hydrogen-bond donors (Lipinski definition) is 0. The van der Waals surface area contributed by atoms with Crippen molar-refractivity contribution in [3.05, 3.63) is 188 Å². The normalized spacial score (nSPS) is 11.8. The van der Waals surface area contributed by atoms with Crippen LogP contribution in [0.15, 0.2) is 197 Å². The minimum atomic E-state index is 0.856. The first-order valence-electron chi connectivity index (χ1n) is 18.0. The first kappa shape index (κ1) is 29.6. The Morgan fingerprint density at radius 3 is 1.23 bits per heavy atom. The lowest BCUT2D eigenvalue weighted by atomic mass is 9.94. The van der Waals surface area contributed by atoms with Gasteiger partial charge in [-0.25, -0.2) is 0 Å². The molecule has 0 bridgehead atoms. The molecular weight excluding hydrogens is 647 g/mol. The highest BCUT2D eigenvalue weighted by molar-refractivity contribution is 6.10. The highest BCUT2D eigenvalue weighted by Gasteiger charge is 2.18. The minimum Gasteiger partial charge on any atom is -0.456 e. The third-order valence-electron chi connectivity index (χ3n) is 10.6. The molecule has 2 aromatic heterocycles. The molecule has 0 aliphatic heterocycles. The molecule has 0 saturated carbocycles. The zero-order chi connectivity index (χ0) is 34.9. The molecule has 248 valence electrons. The van der Waals surface area contributed by atoms with Gasteiger partial charge in [-0.2, -0.15) is 0 Å². The van der Waals surface area contributed by atoms with Crippen LogP contribution in [0.5, 0.6) is 0 Å². The number of nitrogens with zero attached hydrogens (tertiary/aromatic N) is 1. The number of para-hydroxylation sites is 2. The Balaban J connectivity index is 1.03. The molecule has 0 aliphatic carbocycles. The Kier molecular flexibility index (Phi) is 6.55. The molecule has 0 amide bonds. The summed E-state index contributed by atoms with van der Waals surface area (Å²) in [5.41, 5.74) is 11.3. The van der Waals surface area contributed by atoms with Crippen LogP contribution in [0.1, 0.15) is 0 Å². The van der Waals surface area contributed by atoms with Crippen LogP contribution in [0.25, 0.3) is 87.7 Å². The Hall–Kier alpha value is -7.10. The zero-order valence-electron chi connectivity index (χ0n) is 28.7. The second-order valence-electron chi connectivity index (χ2n) is 13.7. The quantitative estimate of drug-likeness (QED) is 0.170. The second kappa shape index (κ2) is 11.7. The van der Waals surface area contributed by atoms with Crippen molar-refractivity contribution in [2.75, 3.05) is 4.90 Å². The molecule has 0 unspecified atom stereocenters. The summed E-state index contributed by atoms with van der Waals surface area (Å²) in [7, 11) is 0. The summed E-state index contributed by atoms with van der Waals surface area (Å²) in [6.07, 6.45) is 0. The van der Waals surface area contributed by atoms with Crippen molar-refractivity contribution in [3.8, 4) is 22.3 Å². The SMILES string of the molecule is c1ccc(-c2ccc3ccc4ccc(-c5ccc(N(c6ccc7c(c6)oc6ccccc67)c6ccc7c(c6)oc6ccccc67)cc5)cc4c3c2)cc1. The molecule has 11 rings (SSSR count). The Morgan fingerprint density at radius 1 is 0.264 bits per heavy atom. The van der Waals surface area contributed by atoms with Crippen LogP contribution in [0.3, 0.4) is 0 Å². The third-order valence-corrected chi connectivity index (χ3v) is 10.6. The van der Waals surface area contributed by atoms with Crippen molar-refractivity contribution in [2.24, 2.45) is 0 Å². The van der Waals surface area contributed by atoms with Gasteiger partial charge in [-0.05, 0) is 104 Å². The smallest absolute Gasteiger partial charge is 0.137 e. The summed E-state index contributed by atoms with van der Waals surface area (Å²) in [4.78, 5) is 2.28. The van der Waals surface area contributed by atoms with E-state index in [4.69, 9.17) is 8.83 Å².